The van der Waals surface area contributed by atoms with Gasteiger partial charge in [-0.1, -0.05) is 19.4 Å². The predicted molar refractivity (Wildman–Crippen MR) is 77.7 cm³/mol. The number of benzene rings is 1. The fraction of sp³-hybridized carbons (Fsp3) is 0.562. The van der Waals surface area contributed by atoms with E-state index in [-0.39, 0.29) is 5.82 Å². The topological polar surface area (TPSA) is 39.1 Å². The van der Waals surface area contributed by atoms with Crippen LogP contribution in [0.1, 0.15) is 37.3 Å². The van der Waals surface area contributed by atoms with Gasteiger partial charge in [-0.15, -0.1) is 0 Å². The summed E-state index contributed by atoms with van der Waals surface area (Å²) in [4.78, 5) is 2.26. The average Bonchev–Trinajstić information content (AvgIpc) is 2.49. The van der Waals surface area contributed by atoms with Crippen molar-refractivity contribution in [1.82, 2.24) is 10.2 Å². The number of nitrogens with one attached hydrogen (secondary N) is 1. The summed E-state index contributed by atoms with van der Waals surface area (Å²) in [5.41, 5.74) is 1.05. The van der Waals surface area contributed by atoms with Crippen LogP contribution in [0.5, 0.6) is 0 Å². The summed E-state index contributed by atoms with van der Waals surface area (Å²) < 4.78 is 13.9. The predicted octanol–water partition coefficient (Wildman–Crippen LogP) is 2.66. The molecule has 2 rings (SSSR count). The third-order valence-corrected chi connectivity index (χ3v) is 3.91. The molecular formula is C16H22FN3. The van der Waals surface area contributed by atoms with Crippen molar-refractivity contribution < 1.29 is 4.39 Å². The van der Waals surface area contributed by atoms with Gasteiger partial charge in [0.1, 0.15) is 5.82 Å². The minimum absolute atomic E-state index is 0.279. The molecule has 20 heavy (non-hydrogen) atoms. The van der Waals surface area contributed by atoms with E-state index in [0.29, 0.717) is 23.7 Å². The summed E-state index contributed by atoms with van der Waals surface area (Å²) in [6.45, 7) is 5.65. The Kier molecular flexibility index (Phi) is 5.51. The molecule has 0 bridgehead atoms. The van der Waals surface area contributed by atoms with Crippen molar-refractivity contribution in [3.63, 3.8) is 0 Å². The first kappa shape index (κ1) is 15.0. The van der Waals surface area contributed by atoms with Crippen LogP contribution in [0.2, 0.25) is 0 Å². The normalized spacial score (nSPS) is 19.0. The van der Waals surface area contributed by atoms with Crippen molar-refractivity contribution in [2.24, 2.45) is 0 Å². The van der Waals surface area contributed by atoms with Gasteiger partial charge in [0.15, 0.2) is 0 Å². The number of piperidine rings is 1. The molecule has 1 fully saturated rings. The van der Waals surface area contributed by atoms with Gasteiger partial charge in [0.25, 0.3) is 0 Å². The SMILES string of the molecule is CCN(Cc1ccc(C#N)cc1F)CC1CCCCN1. The van der Waals surface area contributed by atoms with Crippen molar-refractivity contribution in [2.45, 2.75) is 38.8 Å². The second kappa shape index (κ2) is 7.37. The number of hydrogen-bond donors (Lipinski definition) is 1. The molecular weight excluding hydrogens is 253 g/mol. The maximum atomic E-state index is 13.9. The minimum Gasteiger partial charge on any atom is -0.313 e. The standard InChI is InChI=1S/C16H22FN3/c1-2-20(12-15-5-3-4-8-19-15)11-14-7-6-13(10-18)9-16(14)17/h6-7,9,15,19H,2-5,8,11-12H2,1H3. The molecule has 0 amide bonds. The maximum Gasteiger partial charge on any atom is 0.129 e. The van der Waals surface area contributed by atoms with Crippen LogP contribution in [-0.2, 0) is 6.54 Å². The quantitative estimate of drug-likeness (QED) is 0.898. The molecule has 1 heterocycles. The molecule has 1 aliphatic rings. The van der Waals surface area contributed by atoms with Gasteiger partial charge >= 0.3 is 0 Å². The van der Waals surface area contributed by atoms with Crippen molar-refractivity contribution in [3.05, 3.63) is 35.1 Å². The van der Waals surface area contributed by atoms with E-state index in [4.69, 9.17) is 5.26 Å². The lowest BCUT2D eigenvalue weighted by Crippen LogP contribution is -2.43. The summed E-state index contributed by atoms with van der Waals surface area (Å²) in [5.74, 6) is -0.279. The zero-order valence-corrected chi connectivity index (χ0v) is 12.0. The van der Waals surface area contributed by atoms with E-state index < -0.39 is 0 Å². The van der Waals surface area contributed by atoms with E-state index in [9.17, 15) is 4.39 Å². The maximum absolute atomic E-state index is 13.9. The van der Waals surface area contributed by atoms with E-state index in [1.54, 1.807) is 12.1 Å². The molecule has 1 N–H and O–H groups in total. The lowest BCUT2D eigenvalue weighted by Gasteiger charge is -2.30. The molecule has 1 aliphatic heterocycles. The molecule has 0 saturated carbocycles. The molecule has 3 nitrogen and oxygen atoms in total. The van der Waals surface area contributed by atoms with E-state index >= 15 is 0 Å². The molecule has 0 aliphatic carbocycles. The lowest BCUT2D eigenvalue weighted by atomic mass is 10.0. The Morgan fingerprint density at radius 3 is 2.90 bits per heavy atom. The molecule has 1 saturated heterocycles. The molecule has 1 aromatic rings. The van der Waals surface area contributed by atoms with Crippen LogP contribution in [-0.4, -0.2) is 30.6 Å². The Morgan fingerprint density at radius 2 is 2.30 bits per heavy atom. The van der Waals surface area contributed by atoms with E-state index in [2.05, 4.69) is 17.1 Å². The number of hydrogen-bond acceptors (Lipinski definition) is 3. The number of halogens is 1. The van der Waals surface area contributed by atoms with Crippen molar-refractivity contribution in [1.29, 1.82) is 5.26 Å². The number of rotatable bonds is 5. The Morgan fingerprint density at radius 1 is 1.45 bits per heavy atom. The Bertz CT molecular complexity index is 475. The third-order valence-electron chi connectivity index (χ3n) is 3.91. The molecule has 0 spiro atoms. The van der Waals surface area contributed by atoms with Gasteiger partial charge in [-0.3, -0.25) is 4.90 Å². The zero-order valence-electron chi connectivity index (χ0n) is 12.0. The van der Waals surface area contributed by atoms with E-state index in [1.165, 1.54) is 25.3 Å². The van der Waals surface area contributed by atoms with Gasteiger partial charge in [-0.05, 0) is 38.1 Å². The van der Waals surface area contributed by atoms with Gasteiger partial charge in [0.05, 0.1) is 11.6 Å². The van der Waals surface area contributed by atoms with Crippen LogP contribution < -0.4 is 5.32 Å². The molecule has 1 aromatic carbocycles. The zero-order chi connectivity index (χ0) is 14.4. The van der Waals surface area contributed by atoms with Crippen LogP contribution in [0, 0.1) is 17.1 Å². The monoisotopic (exact) mass is 275 g/mol. The lowest BCUT2D eigenvalue weighted by molar-refractivity contribution is 0.224. The smallest absolute Gasteiger partial charge is 0.129 e. The highest BCUT2D eigenvalue weighted by molar-refractivity contribution is 5.32. The van der Waals surface area contributed by atoms with E-state index in [1.807, 2.05) is 6.07 Å². The van der Waals surface area contributed by atoms with Gasteiger partial charge in [0, 0.05) is 24.7 Å². The van der Waals surface area contributed by atoms with E-state index in [0.717, 1.165) is 19.6 Å². The minimum atomic E-state index is -0.279. The Hall–Kier alpha value is -1.44. The van der Waals surface area contributed by atoms with Gasteiger partial charge in [-0.25, -0.2) is 4.39 Å². The molecule has 0 radical (unpaired) electrons. The van der Waals surface area contributed by atoms with Crippen molar-refractivity contribution in [2.75, 3.05) is 19.6 Å². The summed E-state index contributed by atoms with van der Waals surface area (Å²) in [6, 6.07) is 7.22. The number of likely N-dealkylation sites (N-methyl/N-ethyl adjacent to an activating group) is 1. The van der Waals surface area contributed by atoms with Crippen molar-refractivity contribution >= 4 is 0 Å². The molecule has 1 unspecified atom stereocenters. The van der Waals surface area contributed by atoms with Crippen LogP contribution >= 0.6 is 0 Å². The largest absolute Gasteiger partial charge is 0.313 e. The summed E-state index contributed by atoms with van der Waals surface area (Å²) in [7, 11) is 0. The number of nitrogens with zero attached hydrogens (tertiary/aromatic N) is 2. The second-order valence-corrected chi connectivity index (χ2v) is 5.39. The molecule has 1 atom stereocenters. The highest BCUT2D eigenvalue weighted by atomic mass is 19.1. The highest BCUT2D eigenvalue weighted by Crippen LogP contribution is 2.14. The van der Waals surface area contributed by atoms with Crippen molar-refractivity contribution in [3.8, 4) is 6.07 Å². The highest BCUT2D eigenvalue weighted by Gasteiger charge is 2.17. The van der Waals surface area contributed by atoms with Crippen LogP contribution in [0.4, 0.5) is 4.39 Å². The average molecular weight is 275 g/mol. The second-order valence-electron chi connectivity index (χ2n) is 5.39. The summed E-state index contributed by atoms with van der Waals surface area (Å²) >= 11 is 0. The van der Waals surface area contributed by atoms with Gasteiger partial charge in [0.2, 0.25) is 0 Å². The molecule has 4 heteroatoms. The Labute approximate surface area is 120 Å². The van der Waals surface area contributed by atoms with Crippen LogP contribution in [0.15, 0.2) is 18.2 Å². The summed E-state index contributed by atoms with van der Waals surface area (Å²) in [5, 5.41) is 12.3. The van der Waals surface area contributed by atoms with Gasteiger partial charge < -0.3 is 5.32 Å². The number of nitriles is 1. The fourth-order valence-corrected chi connectivity index (χ4v) is 2.68. The fourth-order valence-electron chi connectivity index (χ4n) is 2.68. The first-order valence-corrected chi connectivity index (χ1v) is 7.37. The summed E-state index contributed by atoms with van der Waals surface area (Å²) in [6.07, 6.45) is 3.74. The first-order chi connectivity index (χ1) is 9.72. The molecule has 0 aromatic heterocycles. The third kappa shape index (κ3) is 4.03. The van der Waals surface area contributed by atoms with Gasteiger partial charge in [-0.2, -0.15) is 5.26 Å². The van der Waals surface area contributed by atoms with Crippen LogP contribution in [0.25, 0.3) is 0 Å². The Balaban J connectivity index is 1.97. The molecule has 108 valence electrons. The van der Waals surface area contributed by atoms with Crippen LogP contribution in [0.3, 0.4) is 0 Å². The first-order valence-electron chi connectivity index (χ1n) is 7.37.